The number of aromatic nitrogens is 4. The van der Waals surface area contributed by atoms with Crippen molar-refractivity contribution >= 4 is 23.2 Å². The molecular formula is C16H18N4O4. The van der Waals surface area contributed by atoms with Crippen molar-refractivity contribution in [1.82, 2.24) is 19.1 Å². The summed E-state index contributed by atoms with van der Waals surface area (Å²) >= 11 is 0. The Kier molecular flexibility index (Phi) is 5.37. The first-order valence-electron chi connectivity index (χ1n) is 7.40. The van der Waals surface area contributed by atoms with Crippen molar-refractivity contribution in [3.05, 3.63) is 32.7 Å². The van der Waals surface area contributed by atoms with Crippen LogP contribution in [0.25, 0.3) is 17.2 Å². The number of carbonyl (C=O) groups excluding carboxylic acids is 1. The largest absolute Gasteiger partial charge is 0.466 e. The first-order chi connectivity index (χ1) is 11.5. The van der Waals surface area contributed by atoms with Gasteiger partial charge in [-0.25, -0.2) is 9.78 Å². The molecule has 0 radical (unpaired) electrons. The van der Waals surface area contributed by atoms with Crippen molar-refractivity contribution < 1.29 is 9.53 Å². The predicted octanol–water partition coefficient (Wildman–Crippen LogP) is 0.413. The lowest BCUT2D eigenvalue weighted by atomic mass is 10.3. The molecule has 0 aliphatic heterocycles. The van der Waals surface area contributed by atoms with Gasteiger partial charge in [0.1, 0.15) is 5.82 Å². The van der Waals surface area contributed by atoms with Crippen molar-refractivity contribution in [2.75, 3.05) is 6.61 Å². The zero-order chi connectivity index (χ0) is 17.7. The minimum Gasteiger partial charge on any atom is -0.466 e. The third-order valence-electron chi connectivity index (χ3n) is 3.31. The maximum Gasteiger partial charge on any atom is 0.329 e. The van der Waals surface area contributed by atoms with Crippen LogP contribution >= 0.6 is 0 Å². The summed E-state index contributed by atoms with van der Waals surface area (Å²) in [5, 5.41) is 0. The molecule has 0 aliphatic carbocycles. The Morgan fingerprint density at radius 2 is 2.17 bits per heavy atom. The van der Waals surface area contributed by atoms with Gasteiger partial charge in [0.2, 0.25) is 0 Å². The summed E-state index contributed by atoms with van der Waals surface area (Å²) in [6.45, 7) is 3.98. The lowest BCUT2D eigenvalue weighted by molar-refractivity contribution is -0.142. The smallest absolute Gasteiger partial charge is 0.329 e. The highest BCUT2D eigenvalue weighted by molar-refractivity contribution is 5.75. The summed E-state index contributed by atoms with van der Waals surface area (Å²) in [7, 11) is 1.52. The van der Waals surface area contributed by atoms with E-state index in [0.29, 0.717) is 12.4 Å². The highest BCUT2D eigenvalue weighted by atomic mass is 16.5. The lowest BCUT2D eigenvalue weighted by Gasteiger charge is -2.02. The molecule has 0 aliphatic rings. The van der Waals surface area contributed by atoms with E-state index in [9.17, 15) is 14.4 Å². The Morgan fingerprint density at radius 3 is 2.83 bits per heavy atom. The Bertz CT molecular complexity index is 966. The summed E-state index contributed by atoms with van der Waals surface area (Å²) < 4.78 is 7.71. The van der Waals surface area contributed by atoms with E-state index < -0.39 is 11.2 Å². The quantitative estimate of drug-likeness (QED) is 0.632. The van der Waals surface area contributed by atoms with Crippen LogP contribution in [0.5, 0.6) is 0 Å². The van der Waals surface area contributed by atoms with Crippen LogP contribution in [0, 0.1) is 11.8 Å². The van der Waals surface area contributed by atoms with Gasteiger partial charge in [0.05, 0.1) is 19.6 Å². The molecule has 2 rings (SSSR count). The van der Waals surface area contributed by atoms with Crippen LogP contribution in [0.4, 0.5) is 0 Å². The normalized spacial score (nSPS) is 10.8. The fourth-order valence-electron chi connectivity index (χ4n) is 2.18. The predicted molar refractivity (Wildman–Crippen MR) is 89.3 cm³/mol. The molecule has 0 aromatic carbocycles. The van der Waals surface area contributed by atoms with E-state index in [0.717, 1.165) is 0 Å². The van der Waals surface area contributed by atoms with Gasteiger partial charge < -0.3 is 9.30 Å². The molecule has 0 amide bonds. The molecule has 0 spiro atoms. The van der Waals surface area contributed by atoms with Crippen LogP contribution in [-0.4, -0.2) is 31.7 Å². The number of aryl methyl sites for hydroxylation is 1. The number of hydrogen-bond donors (Lipinski definition) is 1. The first kappa shape index (κ1) is 17.3. The van der Waals surface area contributed by atoms with Gasteiger partial charge >= 0.3 is 11.7 Å². The summed E-state index contributed by atoms with van der Waals surface area (Å²) in [5.74, 6) is 5.71. The zero-order valence-electron chi connectivity index (χ0n) is 13.8. The minimum atomic E-state index is -0.541. The summed E-state index contributed by atoms with van der Waals surface area (Å²) in [6, 6.07) is 0. The van der Waals surface area contributed by atoms with Gasteiger partial charge in [0, 0.05) is 7.05 Å². The maximum absolute atomic E-state index is 12.1. The monoisotopic (exact) mass is 330 g/mol. The Hall–Kier alpha value is -3.08. The van der Waals surface area contributed by atoms with Gasteiger partial charge in [-0.15, -0.1) is 5.92 Å². The van der Waals surface area contributed by atoms with Gasteiger partial charge in [-0.1, -0.05) is 12.0 Å². The van der Waals surface area contributed by atoms with Crippen LogP contribution in [0.3, 0.4) is 0 Å². The number of aromatic amines is 1. The molecule has 1 N–H and O–H groups in total. The molecule has 2 heterocycles. The molecule has 8 nitrogen and oxygen atoms in total. The Balaban J connectivity index is 2.53. The van der Waals surface area contributed by atoms with Gasteiger partial charge in [-0.05, 0) is 19.9 Å². The van der Waals surface area contributed by atoms with E-state index in [-0.39, 0.29) is 30.1 Å². The molecule has 8 heteroatoms. The second kappa shape index (κ2) is 7.46. The molecule has 2 aromatic rings. The number of ether oxygens (including phenoxy) is 1. The van der Waals surface area contributed by atoms with Crippen LogP contribution in [0.15, 0.2) is 15.7 Å². The molecule has 2 aromatic heterocycles. The number of carbonyl (C=O) groups is 1. The second-order valence-electron chi connectivity index (χ2n) is 4.88. The van der Waals surface area contributed by atoms with Gasteiger partial charge in [-0.2, -0.15) is 0 Å². The topological polar surface area (TPSA) is 99.0 Å². The number of imidazole rings is 1. The van der Waals surface area contributed by atoms with E-state index in [4.69, 9.17) is 4.74 Å². The molecular weight excluding hydrogens is 312 g/mol. The van der Waals surface area contributed by atoms with E-state index in [2.05, 4.69) is 21.8 Å². The summed E-state index contributed by atoms with van der Waals surface area (Å²) in [6.07, 6.45) is 3.30. The Labute approximate surface area is 137 Å². The highest BCUT2D eigenvalue weighted by Crippen LogP contribution is 2.12. The van der Waals surface area contributed by atoms with E-state index in [1.807, 2.05) is 0 Å². The van der Waals surface area contributed by atoms with Crippen LogP contribution in [0.2, 0.25) is 0 Å². The maximum atomic E-state index is 12.1. The van der Waals surface area contributed by atoms with Crippen molar-refractivity contribution in [3.63, 3.8) is 0 Å². The van der Waals surface area contributed by atoms with Crippen molar-refractivity contribution in [2.45, 2.75) is 26.8 Å². The van der Waals surface area contributed by atoms with E-state index in [1.165, 1.54) is 11.6 Å². The molecule has 0 fully saturated rings. The molecule has 0 bridgehead atoms. The fourth-order valence-corrected chi connectivity index (χ4v) is 2.18. The number of nitrogens with zero attached hydrogens (tertiary/aromatic N) is 3. The summed E-state index contributed by atoms with van der Waals surface area (Å²) in [5.41, 5.74) is -0.544. The van der Waals surface area contributed by atoms with Gasteiger partial charge in [-0.3, -0.25) is 19.1 Å². The molecule has 0 unspecified atom stereocenters. The molecule has 126 valence electrons. The van der Waals surface area contributed by atoms with Crippen LogP contribution in [-0.2, 0) is 23.1 Å². The number of H-pyrrole nitrogens is 1. The van der Waals surface area contributed by atoms with Gasteiger partial charge in [0.25, 0.3) is 5.56 Å². The standard InChI is InChI=1S/C16H18N4O4/c1-4-6-10-20-11(8-7-9-12(21)24-5-2)17-14-13(20)15(22)18-16(23)19(14)3/h7-8H,5,9-10H2,1-3H3,(H,18,22,23). The average molecular weight is 330 g/mol. The zero-order valence-corrected chi connectivity index (χ0v) is 13.8. The SMILES string of the molecule is CC#CCn1c(C=CCC(=O)OCC)nc2c1c(=O)[nH]c(=O)n2C. The number of hydrogen-bond acceptors (Lipinski definition) is 5. The first-order valence-corrected chi connectivity index (χ1v) is 7.40. The second-order valence-corrected chi connectivity index (χ2v) is 4.88. The van der Waals surface area contributed by atoms with E-state index >= 15 is 0 Å². The number of fused-ring (bicyclic) bond motifs is 1. The molecule has 0 saturated heterocycles. The van der Waals surface area contributed by atoms with Crippen LogP contribution in [0.1, 0.15) is 26.1 Å². The molecule has 0 atom stereocenters. The fraction of sp³-hybridized carbons (Fsp3) is 0.375. The lowest BCUT2D eigenvalue weighted by Crippen LogP contribution is -2.29. The van der Waals surface area contributed by atoms with Gasteiger partial charge in [0.15, 0.2) is 11.2 Å². The summed E-state index contributed by atoms with van der Waals surface area (Å²) in [4.78, 5) is 41.8. The average Bonchev–Trinajstić information content (AvgIpc) is 2.90. The van der Waals surface area contributed by atoms with Crippen molar-refractivity contribution in [2.24, 2.45) is 7.05 Å². The molecule has 24 heavy (non-hydrogen) atoms. The Morgan fingerprint density at radius 1 is 1.42 bits per heavy atom. The third kappa shape index (κ3) is 3.46. The van der Waals surface area contributed by atoms with Crippen LogP contribution < -0.4 is 11.2 Å². The minimum absolute atomic E-state index is 0.0891. The molecule has 0 saturated carbocycles. The third-order valence-corrected chi connectivity index (χ3v) is 3.31. The number of nitrogens with one attached hydrogen (secondary N) is 1. The highest BCUT2D eigenvalue weighted by Gasteiger charge is 2.15. The number of esters is 1. The van der Waals surface area contributed by atoms with E-state index in [1.54, 1.807) is 30.6 Å². The number of rotatable bonds is 5. The van der Waals surface area contributed by atoms with Crippen molar-refractivity contribution in [1.29, 1.82) is 0 Å². The van der Waals surface area contributed by atoms with Crippen molar-refractivity contribution in [3.8, 4) is 11.8 Å².